The predicted octanol–water partition coefficient (Wildman–Crippen LogP) is 4.09. The third-order valence-corrected chi connectivity index (χ3v) is 8.83. The van der Waals surface area contributed by atoms with Crippen LogP contribution in [0.1, 0.15) is 44.2 Å². The summed E-state index contributed by atoms with van der Waals surface area (Å²) in [6, 6.07) is 14.8. The summed E-state index contributed by atoms with van der Waals surface area (Å²) in [4.78, 5) is 30.1. The van der Waals surface area contributed by atoms with Gasteiger partial charge in [0.25, 0.3) is 0 Å². The van der Waals surface area contributed by atoms with Crippen molar-refractivity contribution < 1.29 is 22.7 Å². The second kappa shape index (κ2) is 13.6. The van der Waals surface area contributed by atoms with Gasteiger partial charge in [0.2, 0.25) is 15.9 Å². The van der Waals surface area contributed by atoms with Crippen LogP contribution in [-0.2, 0) is 21.4 Å². The number of nitrogens with zero attached hydrogens (tertiary/aromatic N) is 3. The lowest BCUT2D eigenvalue weighted by molar-refractivity contribution is -0.135. The van der Waals surface area contributed by atoms with Crippen molar-refractivity contribution in [1.82, 2.24) is 14.1 Å². The lowest BCUT2D eigenvalue weighted by atomic mass is 10.0. The minimum absolute atomic E-state index is 0.0419. The van der Waals surface area contributed by atoms with Crippen molar-refractivity contribution in [2.24, 2.45) is 0 Å². The van der Waals surface area contributed by atoms with Crippen LogP contribution in [0, 0.1) is 6.92 Å². The molecule has 1 N–H and O–H groups in total. The number of amides is 3. The van der Waals surface area contributed by atoms with E-state index >= 15 is 0 Å². The third-order valence-electron chi connectivity index (χ3n) is 7.00. The highest BCUT2D eigenvalue weighted by Gasteiger charge is 2.32. The first-order valence-corrected chi connectivity index (χ1v) is 14.8. The zero-order valence-corrected chi connectivity index (χ0v) is 23.7. The van der Waals surface area contributed by atoms with Crippen LogP contribution in [0.4, 0.5) is 10.5 Å². The maximum absolute atomic E-state index is 13.6. The number of piperidine rings is 1. The quantitative estimate of drug-likeness (QED) is 0.459. The Hall–Kier alpha value is -3.11. The number of methoxy groups -OCH3 is 1. The summed E-state index contributed by atoms with van der Waals surface area (Å²) in [6.07, 6.45) is 1.86. The van der Waals surface area contributed by atoms with E-state index in [4.69, 9.17) is 4.74 Å². The van der Waals surface area contributed by atoms with Crippen LogP contribution in [0.3, 0.4) is 0 Å². The maximum Gasteiger partial charge on any atom is 0.321 e. The van der Waals surface area contributed by atoms with Crippen molar-refractivity contribution in [3.63, 3.8) is 0 Å². The van der Waals surface area contributed by atoms with Gasteiger partial charge in [-0.1, -0.05) is 31.2 Å². The van der Waals surface area contributed by atoms with Gasteiger partial charge in [0, 0.05) is 37.9 Å². The van der Waals surface area contributed by atoms with Crippen molar-refractivity contribution >= 4 is 27.6 Å². The minimum Gasteiger partial charge on any atom is -0.497 e. The number of hydrogen-bond donors (Lipinski definition) is 1. The molecular weight excluding hydrogens is 504 g/mol. The standard InChI is InChI=1S/C28H40N4O5S/c1-5-17-31(38(35,36)6-2)21-27(33)32(20-23-10-8-7-9-22(23)3)25-15-18-30(19-16-25)28(34)29-24-11-13-26(37-4)14-12-24/h7-14,25H,5-6,15-21H2,1-4H3,(H,29,34). The maximum atomic E-state index is 13.6. The zero-order valence-electron chi connectivity index (χ0n) is 22.9. The Bertz CT molecular complexity index is 1180. The van der Waals surface area contributed by atoms with Crippen LogP contribution < -0.4 is 10.1 Å². The van der Waals surface area contributed by atoms with Crippen LogP contribution in [0.15, 0.2) is 48.5 Å². The Balaban J connectivity index is 1.72. The molecule has 38 heavy (non-hydrogen) atoms. The lowest BCUT2D eigenvalue weighted by Gasteiger charge is -2.39. The number of benzene rings is 2. The summed E-state index contributed by atoms with van der Waals surface area (Å²) in [6.45, 7) is 7.04. The van der Waals surface area contributed by atoms with Crippen LogP contribution in [0.5, 0.6) is 5.75 Å². The van der Waals surface area contributed by atoms with Crippen molar-refractivity contribution in [2.45, 2.75) is 52.6 Å². The van der Waals surface area contributed by atoms with Crippen LogP contribution in [0.25, 0.3) is 0 Å². The van der Waals surface area contributed by atoms with Crippen molar-refractivity contribution in [3.8, 4) is 5.75 Å². The molecule has 0 saturated carbocycles. The van der Waals surface area contributed by atoms with Gasteiger partial charge in [-0.15, -0.1) is 0 Å². The number of carbonyl (C=O) groups is 2. The molecule has 1 saturated heterocycles. The molecule has 0 aliphatic carbocycles. The van der Waals surface area contributed by atoms with E-state index in [0.29, 0.717) is 56.9 Å². The van der Waals surface area contributed by atoms with Crippen molar-refractivity contribution in [3.05, 3.63) is 59.7 Å². The molecule has 208 valence electrons. The number of ether oxygens (including phenoxy) is 1. The monoisotopic (exact) mass is 544 g/mol. The second-order valence-corrected chi connectivity index (χ2v) is 11.8. The Morgan fingerprint density at radius 1 is 1.05 bits per heavy atom. The van der Waals surface area contributed by atoms with Gasteiger partial charge in [-0.25, -0.2) is 13.2 Å². The topological polar surface area (TPSA) is 99.3 Å². The van der Waals surface area contributed by atoms with E-state index in [1.807, 2.05) is 43.0 Å². The van der Waals surface area contributed by atoms with Gasteiger partial charge in [0.15, 0.2) is 0 Å². The second-order valence-electron chi connectivity index (χ2n) is 9.56. The smallest absolute Gasteiger partial charge is 0.321 e. The molecule has 2 aromatic rings. The number of likely N-dealkylation sites (tertiary alicyclic amines) is 1. The van der Waals surface area contributed by atoms with E-state index < -0.39 is 10.0 Å². The molecule has 10 heteroatoms. The molecule has 1 fully saturated rings. The first-order valence-electron chi connectivity index (χ1n) is 13.2. The van der Waals surface area contributed by atoms with Gasteiger partial charge in [-0.3, -0.25) is 4.79 Å². The summed E-state index contributed by atoms with van der Waals surface area (Å²) in [5.41, 5.74) is 2.79. The molecule has 2 aromatic carbocycles. The number of aryl methyl sites for hydroxylation is 1. The van der Waals surface area contributed by atoms with E-state index in [0.717, 1.165) is 11.1 Å². The Morgan fingerprint density at radius 3 is 2.29 bits per heavy atom. The summed E-state index contributed by atoms with van der Waals surface area (Å²) in [5.74, 6) is 0.464. The van der Waals surface area contributed by atoms with Crippen LogP contribution in [0.2, 0.25) is 0 Å². The number of sulfonamides is 1. The van der Waals surface area contributed by atoms with Gasteiger partial charge in [-0.05, 0) is 68.5 Å². The molecule has 3 amide bonds. The van der Waals surface area contributed by atoms with E-state index in [1.165, 1.54) is 4.31 Å². The number of hydrogen-bond acceptors (Lipinski definition) is 5. The normalized spacial score (nSPS) is 14.4. The summed E-state index contributed by atoms with van der Waals surface area (Å²) in [7, 11) is -1.91. The fraction of sp³-hybridized carbons (Fsp3) is 0.500. The average Bonchev–Trinajstić information content (AvgIpc) is 2.92. The van der Waals surface area contributed by atoms with E-state index in [1.54, 1.807) is 43.2 Å². The number of anilines is 1. The van der Waals surface area contributed by atoms with Gasteiger partial charge >= 0.3 is 6.03 Å². The Morgan fingerprint density at radius 2 is 1.71 bits per heavy atom. The molecule has 1 aliphatic heterocycles. The number of nitrogens with one attached hydrogen (secondary N) is 1. The molecule has 0 unspecified atom stereocenters. The summed E-state index contributed by atoms with van der Waals surface area (Å²) in [5, 5.41) is 2.92. The molecule has 0 atom stereocenters. The average molecular weight is 545 g/mol. The molecular formula is C28H40N4O5S. The largest absolute Gasteiger partial charge is 0.497 e. The van der Waals surface area contributed by atoms with Crippen LogP contribution in [-0.4, -0.2) is 79.5 Å². The highest BCUT2D eigenvalue weighted by Crippen LogP contribution is 2.23. The van der Waals surface area contributed by atoms with Crippen LogP contribution >= 0.6 is 0 Å². The fourth-order valence-corrected chi connectivity index (χ4v) is 5.77. The molecule has 0 radical (unpaired) electrons. The van der Waals surface area contributed by atoms with E-state index in [9.17, 15) is 18.0 Å². The first-order chi connectivity index (χ1) is 18.2. The van der Waals surface area contributed by atoms with E-state index in [2.05, 4.69) is 5.32 Å². The minimum atomic E-state index is -3.50. The molecule has 1 aliphatic rings. The molecule has 3 rings (SSSR count). The Kier molecular flexibility index (Phi) is 10.6. The molecule has 0 aromatic heterocycles. The van der Waals surface area contributed by atoms with E-state index in [-0.39, 0.29) is 30.3 Å². The molecule has 0 spiro atoms. The van der Waals surface area contributed by atoms with Gasteiger partial charge < -0.3 is 19.9 Å². The summed E-state index contributed by atoms with van der Waals surface area (Å²) < 4.78 is 31.7. The molecule has 1 heterocycles. The predicted molar refractivity (Wildman–Crippen MR) is 150 cm³/mol. The zero-order chi connectivity index (χ0) is 27.7. The SMILES string of the molecule is CCCN(CC(=O)N(Cc1ccccc1C)C1CCN(C(=O)Nc2ccc(OC)cc2)CC1)S(=O)(=O)CC. The fourth-order valence-electron chi connectivity index (χ4n) is 4.64. The van der Waals surface area contributed by atoms with Crippen molar-refractivity contribution in [1.29, 1.82) is 0 Å². The first kappa shape index (κ1) is 29.4. The Labute approximate surface area is 226 Å². The van der Waals surface area contributed by atoms with Gasteiger partial charge in [0.1, 0.15) is 5.75 Å². The van der Waals surface area contributed by atoms with Gasteiger partial charge in [0.05, 0.1) is 19.4 Å². The number of carbonyl (C=O) groups excluding carboxylic acids is 2. The highest BCUT2D eigenvalue weighted by atomic mass is 32.2. The summed E-state index contributed by atoms with van der Waals surface area (Å²) >= 11 is 0. The van der Waals surface area contributed by atoms with Crippen molar-refractivity contribution in [2.75, 3.05) is 44.4 Å². The highest BCUT2D eigenvalue weighted by molar-refractivity contribution is 7.89. The lowest BCUT2D eigenvalue weighted by Crippen LogP contribution is -2.52. The molecule has 0 bridgehead atoms. The van der Waals surface area contributed by atoms with Gasteiger partial charge in [-0.2, -0.15) is 4.31 Å². The molecule has 9 nitrogen and oxygen atoms in total. The number of urea groups is 1. The number of rotatable bonds is 11. The third kappa shape index (κ3) is 7.70.